The Morgan fingerprint density at radius 3 is 2.36 bits per heavy atom. The Morgan fingerprint density at radius 2 is 1.68 bits per heavy atom. The quantitative estimate of drug-likeness (QED) is 0.792. The summed E-state index contributed by atoms with van der Waals surface area (Å²) in [5.41, 5.74) is 1.88. The molecule has 3 amide bonds. The molecule has 2 aromatic rings. The smallest absolute Gasteiger partial charge is 0.275 e. The topological polar surface area (TPSA) is 57.7 Å². The summed E-state index contributed by atoms with van der Waals surface area (Å²) in [5.74, 6) is -0.868. The van der Waals surface area contributed by atoms with Gasteiger partial charge in [-0.05, 0) is 25.1 Å². The van der Waals surface area contributed by atoms with Crippen LogP contribution in [0.2, 0.25) is 0 Å². The molecule has 2 aliphatic rings. The van der Waals surface area contributed by atoms with E-state index < -0.39 is 4.87 Å². The number of nitrogens with zero attached hydrogens (tertiary/aromatic N) is 2. The molecule has 5 nitrogen and oxygen atoms in total. The molecule has 6 heteroatoms. The molecule has 2 atom stereocenters. The number of imide groups is 1. The third kappa shape index (κ3) is 2.00. The highest BCUT2D eigenvalue weighted by atomic mass is 32.2. The van der Waals surface area contributed by atoms with Gasteiger partial charge in [-0.25, -0.2) is 4.90 Å². The minimum Gasteiger partial charge on any atom is -0.283 e. The summed E-state index contributed by atoms with van der Waals surface area (Å²) in [5, 5.41) is -0.385. The zero-order valence-corrected chi connectivity index (χ0v) is 14.6. The number of carbonyl (C=O) groups is 3. The van der Waals surface area contributed by atoms with E-state index in [0.29, 0.717) is 16.9 Å². The van der Waals surface area contributed by atoms with Crippen molar-refractivity contribution >= 4 is 40.9 Å². The van der Waals surface area contributed by atoms with E-state index in [4.69, 9.17) is 0 Å². The van der Waals surface area contributed by atoms with Crippen molar-refractivity contribution in [2.24, 2.45) is 0 Å². The molecule has 0 aliphatic carbocycles. The molecule has 0 saturated carbocycles. The lowest BCUT2D eigenvalue weighted by molar-refractivity contribution is -0.128. The Bertz CT molecular complexity index is 899. The van der Waals surface area contributed by atoms with Crippen LogP contribution in [0.15, 0.2) is 54.6 Å². The summed E-state index contributed by atoms with van der Waals surface area (Å²) < 4.78 is 0. The van der Waals surface area contributed by atoms with E-state index in [0.717, 1.165) is 0 Å². The van der Waals surface area contributed by atoms with Gasteiger partial charge < -0.3 is 0 Å². The summed E-state index contributed by atoms with van der Waals surface area (Å²) in [7, 11) is 0. The van der Waals surface area contributed by atoms with Crippen molar-refractivity contribution in [2.45, 2.75) is 24.0 Å². The molecule has 2 heterocycles. The SMILES string of the molecule is CC(=O)N1C(=O)C2(SC(C)C(=O)N2c2ccccc2)c2ccccc21. The minimum atomic E-state index is -1.24. The van der Waals surface area contributed by atoms with Gasteiger partial charge in [0.2, 0.25) is 16.7 Å². The molecule has 0 aromatic heterocycles. The van der Waals surface area contributed by atoms with Gasteiger partial charge in [0.25, 0.3) is 5.91 Å². The number of carbonyl (C=O) groups excluding carboxylic acids is 3. The fraction of sp³-hybridized carbons (Fsp3) is 0.211. The number of benzene rings is 2. The molecule has 0 bridgehead atoms. The summed E-state index contributed by atoms with van der Waals surface area (Å²) in [6, 6.07) is 16.3. The highest BCUT2D eigenvalue weighted by Crippen LogP contribution is 2.57. The molecule has 0 radical (unpaired) electrons. The van der Waals surface area contributed by atoms with Crippen LogP contribution in [0.3, 0.4) is 0 Å². The van der Waals surface area contributed by atoms with Crippen LogP contribution in [-0.4, -0.2) is 23.0 Å². The van der Waals surface area contributed by atoms with E-state index >= 15 is 0 Å². The van der Waals surface area contributed by atoms with Gasteiger partial charge in [0.1, 0.15) is 0 Å². The summed E-state index contributed by atoms with van der Waals surface area (Å²) in [6.45, 7) is 3.16. The monoisotopic (exact) mass is 352 g/mol. The maximum Gasteiger partial charge on any atom is 0.275 e. The molecule has 25 heavy (non-hydrogen) atoms. The number of rotatable bonds is 1. The van der Waals surface area contributed by atoms with E-state index in [-0.39, 0.29) is 23.0 Å². The fourth-order valence-electron chi connectivity index (χ4n) is 3.56. The van der Waals surface area contributed by atoms with Crippen LogP contribution >= 0.6 is 11.8 Å². The molecule has 2 aromatic carbocycles. The Balaban J connectivity index is 2.00. The van der Waals surface area contributed by atoms with Gasteiger partial charge in [0.15, 0.2) is 0 Å². The first-order valence-electron chi connectivity index (χ1n) is 8.00. The Hall–Kier alpha value is -2.60. The van der Waals surface area contributed by atoms with Crippen LogP contribution in [0.4, 0.5) is 11.4 Å². The first-order valence-corrected chi connectivity index (χ1v) is 8.88. The first kappa shape index (κ1) is 15.9. The standard InChI is InChI=1S/C19H16N2O3S/c1-12-17(23)21(14-8-4-3-5-9-14)19(25-12)15-10-6-7-11-16(15)20(13(2)22)18(19)24/h3-12H,1-2H3. The maximum atomic E-state index is 13.4. The van der Waals surface area contributed by atoms with Crippen molar-refractivity contribution in [2.75, 3.05) is 9.80 Å². The Kier molecular flexibility index (Phi) is 3.47. The third-order valence-corrected chi connectivity index (χ3v) is 6.04. The normalized spacial score (nSPS) is 25.0. The number of para-hydroxylation sites is 2. The van der Waals surface area contributed by atoms with Crippen molar-refractivity contribution in [3.05, 3.63) is 60.2 Å². The number of hydrogen-bond acceptors (Lipinski definition) is 4. The second-order valence-electron chi connectivity index (χ2n) is 6.09. The fourth-order valence-corrected chi connectivity index (χ4v) is 5.07. The zero-order valence-electron chi connectivity index (χ0n) is 13.8. The second kappa shape index (κ2) is 5.46. The number of hydrogen-bond donors (Lipinski definition) is 0. The first-order chi connectivity index (χ1) is 12.0. The molecular formula is C19H16N2O3S. The third-order valence-electron chi connectivity index (χ3n) is 4.56. The van der Waals surface area contributed by atoms with Crippen molar-refractivity contribution in [3.8, 4) is 0 Å². The van der Waals surface area contributed by atoms with Crippen LogP contribution in [0, 0.1) is 0 Å². The van der Waals surface area contributed by atoms with Gasteiger partial charge in [-0.15, -0.1) is 11.8 Å². The van der Waals surface area contributed by atoms with Crippen LogP contribution in [0.5, 0.6) is 0 Å². The van der Waals surface area contributed by atoms with Crippen LogP contribution in [0.25, 0.3) is 0 Å². The van der Waals surface area contributed by atoms with E-state index in [1.54, 1.807) is 24.0 Å². The summed E-state index contributed by atoms with van der Waals surface area (Å²) >= 11 is 1.29. The molecular weight excluding hydrogens is 336 g/mol. The molecule has 2 aliphatic heterocycles. The highest BCUT2D eigenvalue weighted by Gasteiger charge is 2.63. The zero-order chi connectivity index (χ0) is 17.8. The van der Waals surface area contributed by atoms with E-state index in [1.807, 2.05) is 42.5 Å². The molecule has 1 spiro atoms. The summed E-state index contributed by atoms with van der Waals surface area (Å²) in [4.78, 5) is 40.0. The average Bonchev–Trinajstić information content (AvgIpc) is 3.01. The van der Waals surface area contributed by atoms with E-state index in [2.05, 4.69) is 0 Å². The van der Waals surface area contributed by atoms with Gasteiger partial charge in [0.05, 0.1) is 10.9 Å². The Labute approximate surface area is 149 Å². The van der Waals surface area contributed by atoms with Crippen LogP contribution < -0.4 is 9.80 Å². The lowest BCUT2D eigenvalue weighted by Gasteiger charge is -2.32. The lowest BCUT2D eigenvalue weighted by Crippen LogP contribution is -2.50. The largest absolute Gasteiger partial charge is 0.283 e. The summed E-state index contributed by atoms with van der Waals surface area (Å²) in [6.07, 6.45) is 0. The molecule has 0 N–H and O–H groups in total. The number of fused-ring (bicyclic) bond motifs is 2. The Morgan fingerprint density at radius 1 is 1.04 bits per heavy atom. The lowest BCUT2D eigenvalue weighted by atomic mass is 10.0. The average molecular weight is 352 g/mol. The van der Waals surface area contributed by atoms with E-state index in [1.165, 1.54) is 23.6 Å². The van der Waals surface area contributed by atoms with Crippen LogP contribution in [0.1, 0.15) is 19.4 Å². The number of thioether (sulfide) groups is 1. The van der Waals surface area contributed by atoms with Crippen molar-refractivity contribution < 1.29 is 14.4 Å². The van der Waals surface area contributed by atoms with E-state index in [9.17, 15) is 14.4 Å². The van der Waals surface area contributed by atoms with Gasteiger partial charge >= 0.3 is 0 Å². The number of anilines is 2. The molecule has 1 saturated heterocycles. The van der Waals surface area contributed by atoms with Crippen molar-refractivity contribution in [1.82, 2.24) is 0 Å². The van der Waals surface area contributed by atoms with Gasteiger partial charge in [-0.1, -0.05) is 36.4 Å². The number of amides is 3. The van der Waals surface area contributed by atoms with Crippen LogP contribution in [-0.2, 0) is 19.3 Å². The van der Waals surface area contributed by atoms with Gasteiger partial charge in [0, 0.05) is 18.2 Å². The molecule has 1 fully saturated rings. The predicted molar refractivity (Wildman–Crippen MR) is 97.3 cm³/mol. The van der Waals surface area contributed by atoms with Gasteiger partial charge in [-0.2, -0.15) is 0 Å². The minimum absolute atomic E-state index is 0.134. The molecule has 126 valence electrons. The highest BCUT2D eigenvalue weighted by molar-refractivity contribution is 8.03. The van der Waals surface area contributed by atoms with Crippen molar-refractivity contribution in [3.63, 3.8) is 0 Å². The van der Waals surface area contributed by atoms with Crippen molar-refractivity contribution in [1.29, 1.82) is 0 Å². The second-order valence-corrected chi connectivity index (χ2v) is 7.62. The molecule has 2 unspecified atom stereocenters. The maximum absolute atomic E-state index is 13.4. The molecule has 4 rings (SSSR count). The predicted octanol–water partition coefficient (Wildman–Crippen LogP) is 2.90. The van der Waals surface area contributed by atoms with Gasteiger partial charge in [-0.3, -0.25) is 19.3 Å².